The van der Waals surface area contributed by atoms with Crippen LogP contribution in [0.1, 0.15) is 92.4 Å². The number of pyridine rings is 1. The number of ether oxygens (including phenoxy) is 2. The molecule has 5 heterocycles. The van der Waals surface area contributed by atoms with E-state index < -0.39 is 89.3 Å². The Balaban J connectivity index is 0.872. The third-order valence-electron chi connectivity index (χ3n) is 15.3. The number of carbonyl (C=O) groups is 9. The van der Waals surface area contributed by atoms with Gasteiger partial charge < -0.3 is 71.6 Å². The number of halogens is 1. The molecule has 442 valence electrons. The predicted octanol–water partition coefficient (Wildman–Crippen LogP) is 2.96. The van der Waals surface area contributed by atoms with E-state index in [2.05, 4.69) is 39.7 Å². The van der Waals surface area contributed by atoms with Gasteiger partial charge in [0.25, 0.3) is 0 Å². The molecule has 9 N–H and O–H groups in total. The zero-order chi connectivity index (χ0) is 60.0. The summed E-state index contributed by atoms with van der Waals surface area (Å²) in [5.74, 6) is -4.65. The summed E-state index contributed by atoms with van der Waals surface area (Å²) in [6, 6.07) is 4.16. The Morgan fingerprint density at radius 2 is 1.69 bits per heavy atom. The number of nitrogens with two attached hydrogens (primary N) is 1. The lowest BCUT2D eigenvalue weighted by atomic mass is 9.81. The minimum absolute atomic E-state index is 0.00907. The Hall–Kier alpha value is -8.36. The number of fused-ring (bicyclic) bond motifs is 4. The Kier molecular flexibility index (Phi) is 18.9. The Morgan fingerprint density at radius 1 is 1.00 bits per heavy atom. The molecule has 0 spiro atoms. The number of primary amides is 1. The van der Waals surface area contributed by atoms with Crippen molar-refractivity contribution in [3.8, 4) is 0 Å². The average molecular weight is 1170 g/mol. The highest BCUT2D eigenvalue weighted by Crippen LogP contribution is 2.49. The SMILES string of the molecule is C=CC(=O)N1CN(C(=O)C=C)CN(C(=O)CCSCC(=O)N[C@H](C(=O)N[C@@H](CCCNC(N)=O)C(=O)Nc2ccc(COC(=O)N[C@H]3CCc4c(C)c(F)cc5nc6c(c3c45)CN3C6=CC4=C(COC(=O)[C@]4(O)CC)C3O)cc2)C(C)C)C1. The number of aryl methyl sites for hydroxylation is 1. The number of benzene rings is 2. The van der Waals surface area contributed by atoms with Crippen molar-refractivity contribution in [2.24, 2.45) is 11.7 Å². The number of esters is 1. The van der Waals surface area contributed by atoms with Gasteiger partial charge in [-0.3, -0.25) is 28.8 Å². The van der Waals surface area contributed by atoms with Crippen LogP contribution < -0.4 is 32.3 Å². The van der Waals surface area contributed by atoms with Gasteiger partial charge in [-0.2, -0.15) is 11.8 Å². The molecule has 1 unspecified atom stereocenters. The predicted molar refractivity (Wildman–Crippen MR) is 302 cm³/mol. The summed E-state index contributed by atoms with van der Waals surface area (Å²) in [4.78, 5) is 127. The number of aliphatic hydroxyl groups is 2. The van der Waals surface area contributed by atoms with Crippen LogP contribution in [0.15, 0.2) is 72.9 Å². The van der Waals surface area contributed by atoms with E-state index in [0.717, 1.165) is 29.5 Å². The first-order chi connectivity index (χ1) is 39.6. The highest BCUT2D eigenvalue weighted by Gasteiger charge is 2.50. The third kappa shape index (κ3) is 13.1. The number of anilines is 1. The molecule has 9 amide bonds. The molecule has 0 saturated carbocycles. The van der Waals surface area contributed by atoms with Gasteiger partial charge >= 0.3 is 18.1 Å². The Morgan fingerprint density at radius 3 is 2.34 bits per heavy atom. The summed E-state index contributed by atoms with van der Waals surface area (Å²) >= 11 is 1.14. The van der Waals surface area contributed by atoms with E-state index in [-0.39, 0.29) is 95.0 Å². The molecule has 8 rings (SSSR count). The molecule has 1 aromatic heterocycles. The fourth-order valence-electron chi connectivity index (χ4n) is 10.8. The number of carbonyl (C=O) groups excluding carboxylic acids is 9. The number of aromatic nitrogens is 1. The number of thioether (sulfide) groups is 1. The summed E-state index contributed by atoms with van der Waals surface area (Å²) in [5, 5.41) is 37.5. The van der Waals surface area contributed by atoms with E-state index in [1.54, 1.807) is 62.9 Å². The first-order valence-corrected chi connectivity index (χ1v) is 28.3. The van der Waals surface area contributed by atoms with Gasteiger partial charge in [0.1, 0.15) is 31.1 Å². The zero-order valence-electron chi connectivity index (χ0n) is 46.5. The largest absolute Gasteiger partial charge is 0.459 e. The number of urea groups is 1. The number of nitrogens with zero attached hydrogens (tertiary/aromatic N) is 5. The lowest BCUT2D eigenvalue weighted by molar-refractivity contribution is -0.164. The van der Waals surface area contributed by atoms with Crippen molar-refractivity contribution < 1.29 is 67.2 Å². The smallest absolute Gasteiger partial charge is 0.407 e. The Bertz CT molecular complexity index is 3200. The molecular formula is C57H68FN11O13S. The van der Waals surface area contributed by atoms with Crippen molar-refractivity contribution in [1.82, 2.24) is 45.9 Å². The number of aliphatic hydroxyl groups excluding tert-OH is 1. The lowest BCUT2D eigenvalue weighted by Crippen LogP contribution is -2.59. The summed E-state index contributed by atoms with van der Waals surface area (Å²) in [6.07, 6.45) is 2.85. The van der Waals surface area contributed by atoms with E-state index >= 15 is 4.39 Å². The molecule has 5 atom stereocenters. The molecule has 4 aliphatic heterocycles. The second-order valence-electron chi connectivity index (χ2n) is 21.1. The number of amides is 9. The monoisotopic (exact) mass is 1170 g/mol. The molecule has 1 saturated heterocycles. The topological polar surface area (TPSA) is 325 Å². The first-order valence-electron chi connectivity index (χ1n) is 27.2. The normalized spacial score (nSPS) is 19.5. The highest BCUT2D eigenvalue weighted by atomic mass is 32.2. The van der Waals surface area contributed by atoms with Gasteiger partial charge in [-0.15, -0.1) is 0 Å². The van der Waals surface area contributed by atoms with Gasteiger partial charge in [-0.1, -0.05) is 46.1 Å². The number of rotatable bonds is 21. The van der Waals surface area contributed by atoms with Crippen molar-refractivity contribution in [3.63, 3.8) is 0 Å². The first kappa shape index (κ1) is 60.7. The van der Waals surface area contributed by atoms with Crippen LogP contribution in [0.5, 0.6) is 0 Å². The molecule has 0 radical (unpaired) electrons. The maximum Gasteiger partial charge on any atom is 0.407 e. The standard InChI is InChI=1S/C57H68FN11O13S/c1-7-44(71)66-27-67(45(72)8-2)29-68(28-66)46(73)18-20-83-26-43(70)65-49(30(4)5)52(75)63-40(11-10-19-60-55(59)78)51(74)61-33-14-12-32(13-15-33)24-82-56(79)64-39-17-16-34-31(6)38(58)22-41-47(34)48(39)35-23-69-42(50(35)62-41)21-37-36(53(69)76)25-81-54(77)57(37,80)9-3/h7-8,12-15,21-22,30,39-40,49,53,76,80H,1-2,9-11,16-20,23-29H2,3-6H3,(H,61,74)(H,63,75)(H,64,79)(H,65,70)(H3,59,60,78)/t39-,40-,49-,53?,57-/m0/s1. The van der Waals surface area contributed by atoms with Crippen molar-refractivity contribution in [2.75, 3.05) is 50.0 Å². The summed E-state index contributed by atoms with van der Waals surface area (Å²) in [5.41, 5.74) is 8.47. The van der Waals surface area contributed by atoms with Crippen molar-refractivity contribution in [1.29, 1.82) is 0 Å². The number of nitrogens with one attached hydrogen (secondary N) is 5. The minimum atomic E-state index is -2.00. The van der Waals surface area contributed by atoms with Gasteiger partial charge in [0.2, 0.25) is 35.4 Å². The second-order valence-corrected chi connectivity index (χ2v) is 22.2. The van der Waals surface area contributed by atoms with Gasteiger partial charge in [0, 0.05) is 59.1 Å². The van der Waals surface area contributed by atoms with Crippen molar-refractivity contribution in [2.45, 2.75) is 109 Å². The van der Waals surface area contributed by atoms with Crippen LogP contribution in [-0.4, -0.2) is 157 Å². The number of hydrogen-bond donors (Lipinski definition) is 8. The molecule has 2 aromatic carbocycles. The molecule has 5 aliphatic rings. The molecule has 1 aliphatic carbocycles. The zero-order valence-corrected chi connectivity index (χ0v) is 47.3. The molecule has 26 heteroatoms. The minimum Gasteiger partial charge on any atom is -0.459 e. The fraction of sp³-hybridized carbons (Fsp3) is 0.439. The number of alkyl carbamates (subject to hydrolysis) is 1. The van der Waals surface area contributed by atoms with Crippen LogP contribution in [0.2, 0.25) is 0 Å². The molecule has 0 bridgehead atoms. The van der Waals surface area contributed by atoms with E-state index in [4.69, 9.17) is 20.2 Å². The quantitative estimate of drug-likeness (QED) is 0.0432. The van der Waals surface area contributed by atoms with Crippen molar-refractivity contribution in [3.05, 3.63) is 112 Å². The summed E-state index contributed by atoms with van der Waals surface area (Å²) in [7, 11) is 0. The van der Waals surface area contributed by atoms with Gasteiger partial charge in [0.05, 0.1) is 48.7 Å². The van der Waals surface area contributed by atoms with E-state index in [0.29, 0.717) is 68.6 Å². The second kappa shape index (κ2) is 25.8. The van der Waals surface area contributed by atoms with E-state index in [1.165, 1.54) is 20.8 Å². The molecule has 24 nitrogen and oxygen atoms in total. The maximum absolute atomic E-state index is 15.5. The maximum atomic E-state index is 15.5. The average Bonchev–Trinajstić information content (AvgIpc) is 2.49. The van der Waals surface area contributed by atoms with Gasteiger partial charge in [-0.05, 0) is 97.6 Å². The van der Waals surface area contributed by atoms with Crippen LogP contribution in [0.3, 0.4) is 0 Å². The van der Waals surface area contributed by atoms with E-state index in [1.807, 2.05) is 0 Å². The van der Waals surface area contributed by atoms with Gasteiger partial charge in [0.15, 0.2) is 11.8 Å². The molecule has 3 aromatic rings. The number of hydrogen-bond acceptors (Lipinski definition) is 16. The van der Waals surface area contributed by atoms with Crippen LogP contribution in [0.4, 0.5) is 19.7 Å². The van der Waals surface area contributed by atoms with Gasteiger partial charge in [-0.25, -0.2) is 23.8 Å². The lowest BCUT2D eigenvalue weighted by Gasteiger charge is -2.41. The van der Waals surface area contributed by atoms with Crippen LogP contribution in [0.25, 0.3) is 16.6 Å². The van der Waals surface area contributed by atoms with Crippen LogP contribution in [-0.2, 0) is 62.6 Å². The third-order valence-corrected chi connectivity index (χ3v) is 16.3. The van der Waals surface area contributed by atoms with Crippen molar-refractivity contribution >= 4 is 87.6 Å². The molecular weight excluding hydrogens is 1100 g/mol. The Labute approximate surface area is 482 Å². The molecule has 83 heavy (non-hydrogen) atoms. The summed E-state index contributed by atoms with van der Waals surface area (Å²) in [6.45, 7) is 13.4. The number of cyclic esters (lactones) is 1. The molecule has 1 fully saturated rings. The summed E-state index contributed by atoms with van der Waals surface area (Å²) < 4.78 is 26.5. The van der Waals surface area contributed by atoms with E-state index in [9.17, 15) is 53.4 Å². The highest BCUT2D eigenvalue weighted by molar-refractivity contribution is 7.99. The fourth-order valence-corrected chi connectivity index (χ4v) is 11.6. The van der Waals surface area contributed by atoms with Crippen LogP contribution >= 0.6 is 11.8 Å². The van der Waals surface area contributed by atoms with Crippen LogP contribution in [0, 0.1) is 18.7 Å².